The van der Waals surface area contributed by atoms with Gasteiger partial charge in [0.25, 0.3) is 0 Å². The monoisotopic (exact) mass is 227 g/mol. The first-order valence-corrected chi connectivity index (χ1v) is 5.87. The molecule has 4 heteroatoms. The number of allylic oxidation sites excluding steroid dienone is 1. The largest absolute Gasteiger partial charge is 0.479 e. The van der Waals surface area contributed by atoms with Gasteiger partial charge in [0.15, 0.2) is 5.60 Å². The van der Waals surface area contributed by atoms with E-state index in [-0.39, 0.29) is 6.54 Å². The number of carboxylic acids is 1. The van der Waals surface area contributed by atoms with Gasteiger partial charge in [-0.1, -0.05) is 11.6 Å². The molecule has 1 unspecified atom stereocenters. The van der Waals surface area contributed by atoms with Crippen LogP contribution in [0.15, 0.2) is 11.6 Å². The van der Waals surface area contributed by atoms with Crippen LogP contribution >= 0.6 is 0 Å². The lowest BCUT2D eigenvalue weighted by molar-refractivity contribution is -0.156. The van der Waals surface area contributed by atoms with Gasteiger partial charge in [-0.3, -0.25) is 0 Å². The van der Waals surface area contributed by atoms with Crippen LogP contribution in [0.1, 0.15) is 39.0 Å². The fraction of sp³-hybridized carbons (Fsp3) is 0.750. The third kappa shape index (κ3) is 4.33. The molecule has 0 spiro atoms. The topological polar surface area (TPSA) is 69.6 Å². The molecule has 0 aliphatic heterocycles. The second-order valence-electron chi connectivity index (χ2n) is 4.61. The SMILES string of the molecule is CC(O)(CNCCC1=CCCCC1)C(=O)O. The van der Waals surface area contributed by atoms with E-state index in [1.165, 1.54) is 31.8 Å². The standard InChI is InChI=1S/C12H21NO3/c1-12(16,11(14)15)9-13-8-7-10-5-3-2-4-6-10/h5,13,16H,2-4,6-9H2,1H3,(H,14,15). The lowest BCUT2D eigenvalue weighted by Gasteiger charge is -2.19. The zero-order valence-electron chi connectivity index (χ0n) is 9.83. The third-order valence-electron chi connectivity index (χ3n) is 2.94. The fourth-order valence-electron chi connectivity index (χ4n) is 1.79. The van der Waals surface area contributed by atoms with Crippen LogP contribution in [0.5, 0.6) is 0 Å². The van der Waals surface area contributed by atoms with Crippen molar-refractivity contribution in [2.24, 2.45) is 0 Å². The van der Waals surface area contributed by atoms with Crippen molar-refractivity contribution in [3.05, 3.63) is 11.6 Å². The van der Waals surface area contributed by atoms with Crippen LogP contribution in [0.25, 0.3) is 0 Å². The summed E-state index contributed by atoms with van der Waals surface area (Å²) in [4.78, 5) is 10.6. The highest BCUT2D eigenvalue weighted by atomic mass is 16.4. The normalized spacial score (nSPS) is 20.0. The maximum absolute atomic E-state index is 10.6. The molecule has 0 fully saturated rings. The molecule has 1 aliphatic carbocycles. The van der Waals surface area contributed by atoms with Gasteiger partial charge in [0.1, 0.15) is 0 Å². The van der Waals surface area contributed by atoms with E-state index in [2.05, 4.69) is 11.4 Å². The molecule has 3 N–H and O–H groups in total. The summed E-state index contributed by atoms with van der Waals surface area (Å²) < 4.78 is 0. The van der Waals surface area contributed by atoms with Gasteiger partial charge in [0, 0.05) is 6.54 Å². The lowest BCUT2D eigenvalue weighted by Crippen LogP contribution is -2.45. The van der Waals surface area contributed by atoms with E-state index in [9.17, 15) is 9.90 Å². The van der Waals surface area contributed by atoms with Gasteiger partial charge in [-0.05, 0) is 45.6 Å². The lowest BCUT2D eigenvalue weighted by atomic mass is 9.97. The Hall–Kier alpha value is -0.870. The summed E-state index contributed by atoms with van der Waals surface area (Å²) in [5.74, 6) is -1.18. The molecule has 0 amide bonds. The van der Waals surface area contributed by atoms with Gasteiger partial charge in [-0.2, -0.15) is 0 Å². The Morgan fingerprint density at radius 3 is 2.88 bits per heavy atom. The molecular weight excluding hydrogens is 206 g/mol. The van der Waals surface area contributed by atoms with Crippen molar-refractivity contribution in [3.63, 3.8) is 0 Å². The number of aliphatic carboxylic acids is 1. The molecular formula is C12H21NO3. The van der Waals surface area contributed by atoms with Crippen LogP contribution < -0.4 is 5.32 Å². The molecule has 1 rings (SSSR count). The van der Waals surface area contributed by atoms with Crippen molar-refractivity contribution in [2.75, 3.05) is 13.1 Å². The molecule has 0 saturated heterocycles. The molecule has 0 aromatic carbocycles. The average molecular weight is 227 g/mol. The van der Waals surface area contributed by atoms with Crippen molar-refractivity contribution in [1.82, 2.24) is 5.32 Å². The summed E-state index contributed by atoms with van der Waals surface area (Å²) in [5.41, 5.74) is -0.213. The van der Waals surface area contributed by atoms with Gasteiger partial charge in [0.05, 0.1) is 0 Å². The number of carbonyl (C=O) groups is 1. The zero-order chi connectivity index (χ0) is 12.0. The Morgan fingerprint density at radius 1 is 1.56 bits per heavy atom. The van der Waals surface area contributed by atoms with Crippen LogP contribution in [-0.2, 0) is 4.79 Å². The van der Waals surface area contributed by atoms with E-state index in [1.54, 1.807) is 0 Å². The van der Waals surface area contributed by atoms with E-state index in [0.717, 1.165) is 19.4 Å². The van der Waals surface area contributed by atoms with Gasteiger partial charge in [-0.15, -0.1) is 0 Å². The molecule has 16 heavy (non-hydrogen) atoms. The van der Waals surface area contributed by atoms with Crippen molar-refractivity contribution in [3.8, 4) is 0 Å². The van der Waals surface area contributed by atoms with Gasteiger partial charge in [-0.25, -0.2) is 4.79 Å². The van der Waals surface area contributed by atoms with Gasteiger partial charge >= 0.3 is 5.97 Å². The summed E-state index contributed by atoms with van der Waals surface area (Å²) in [6.45, 7) is 2.13. The Kier molecular flexibility index (Phi) is 4.96. The zero-order valence-corrected chi connectivity index (χ0v) is 9.83. The van der Waals surface area contributed by atoms with Gasteiger partial charge < -0.3 is 15.5 Å². The number of aliphatic hydroxyl groups is 1. The smallest absolute Gasteiger partial charge is 0.336 e. The summed E-state index contributed by atoms with van der Waals surface area (Å²) in [5, 5.41) is 21.1. The molecule has 0 heterocycles. The maximum Gasteiger partial charge on any atom is 0.336 e. The Morgan fingerprint density at radius 2 is 2.31 bits per heavy atom. The first-order chi connectivity index (χ1) is 7.52. The van der Waals surface area contributed by atoms with Crippen LogP contribution in [0.3, 0.4) is 0 Å². The van der Waals surface area contributed by atoms with Crippen molar-refractivity contribution in [1.29, 1.82) is 0 Å². The van der Waals surface area contributed by atoms with Crippen molar-refractivity contribution in [2.45, 2.75) is 44.6 Å². The van der Waals surface area contributed by atoms with E-state index in [4.69, 9.17) is 5.11 Å². The molecule has 0 radical (unpaired) electrons. The first kappa shape index (κ1) is 13.2. The minimum Gasteiger partial charge on any atom is -0.479 e. The average Bonchev–Trinajstić information content (AvgIpc) is 2.26. The molecule has 0 saturated carbocycles. The minimum absolute atomic E-state index is 0.0929. The second-order valence-corrected chi connectivity index (χ2v) is 4.61. The predicted molar refractivity (Wildman–Crippen MR) is 62.3 cm³/mol. The third-order valence-corrected chi connectivity index (χ3v) is 2.94. The highest BCUT2D eigenvalue weighted by Gasteiger charge is 2.28. The molecule has 0 bridgehead atoms. The predicted octanol–water partition coefficient (Wildman–Crippen LogP) is 1.30. The number of carboxylic acid groups (broad SMARTS) is 1. The summed E-state index contributed by atoms with van der Waals surface area (Å²) in [6, 6.07) is 0. The number of nitrogens with one attached hydrogen (secondary N) is 1. The Labute approximate surface area is 96.4 Å². The van der Waals surface area contributed by atoms with E-state index in [1.807, 2.05) is 0 Å². The summed E-state index contributed by atoms with van der Waals surface area (Å²) in [6.07, 6.45) is 8.11. The molecule has 0 aromatic heterocycles. The fourth-order valence-corrected chi connectivity index (χ4v) is 1.79. The van der Waals surface area contributed by atoms with E-state index in [0.29, 0.717) is 0 Å². The maximum atomic E-state index is 10.6. The van der Waals surface area contributed by atoms with Crippen LogP contribution in [0.2, 0.25) is 0 Å². The van der Waals surface area contributed by atoms with E-state index < -0.39 is 11.6 Å². The minimum atomic E-state index is -1.67. The molecule has 92 valence electrons. The van der Waals surface area contributed by atoms with Crippen LogP contribution in [0, 0.1) is 0 Å². The summed E-state index contributed by atoms with van der Waals surface area (Å²) >= 11 is 0. The Balaban J connectivity index is 2.16. The number of hydrogen-bond donors (Lipinski definition) is 3. The number of hydrogen-bond acceptors (Lipinski definition) is 3. The first-order valence-electron chi connectivity index (χ1n) is 5.87. The van der Waals surface area contributed by atoms with Crippen LogP contribution in [0.4, 0.5) is 0 Å². The second kappa shape index (κ2) is 6.01. The number of rotatable bonds is 6. The van der Waals surface area contributed by atoms with Crippen molar-refractivity contribution < 1.29 is 15.0 Å². The Bertz CT molecular complexity index is 271. The molecule has 1 aliphatic rings. The van der Waals surface area contributed by atoms with Gasteiger partial charge in [0.2, 0.25) is 0 Å². The summed E-state index contributed by atoms with van der Waals surface area (Å²) in [7, 11) is 0. The highest BCUT2D eigenvalue weighted by Crippen LogP contribution is 2.19. The quantitative estimate of drug-likeness (QED) is 0.472. The van der Waals surface area contributed by atoms with Crippen LogP contribution in [-0.4, -0.2) is 34.9 Å². The van der Waals surface area contributed by atoms with Crippen molar-refractivity contribution >= 4 is 5.97 Å². The van der Waals surface area contributed by atoms with E-state index >= 15 is 0 Å². The molecule has 4 nitrogen and oxygen atoms in total. The molecule has 0 aromatic rings. The highest BCUT2D eigenvalue weighted by molar-refractivity contribution is 5.76. The molecule has 1 atom stereocenters.